The molecule has 0 amide bonds. The molecule has 2 aromatic rings. The Labute approximate surface area is 137 Å². The molecule has 0 bridgehead atoms. The monoisotopic (exact) mass is 315 g/mol. The van der Waals surface area contributed by atoms with Crippen molar-refractivity contribution in [1.29, 1.82) is 0 Å². The number of carbonyl (C=O) groups excluding carboxylic acids is 1. The zero-order valence-electron chi connectivity index (χ0n) is 14.5. The maximum absolute atomic E-state index is 11.4. The molecule has 1 N–H and O–H groups in total. The van der Waals surface area contributed by atoms with E-state index in [2.05, 4.69) is 62.0 Å². The number of hydrogen-bond donors (Lipinski definition) is 1. The normalized spacial score (nSPS) is 12.9. The lowest BCUT2D eigenvalue weighted by atomic mass is 9.86. The minimum absolute atomic E-state index is 0.160. The van der Waals surface area contributed by atoms with E-state index in [1.165, 1.54) is 18.2 Å². The maximum atomic E-state index is 11.4. The minimum atomic E-state index is -0.456. The predicted octanol–water partition coefficient (Wildman–Crippen LogP) is 4.21. The molecule has 0 fully saturated rings. The quantitative estimate of drug-likeness (QED) is 0.840. The molecular weight excluding hydrogens is 290 g/mol. The van der Waals surface area contributed by atoms with Crippen LogP contribution in [0, 0.1) is 0 Å². The Bertz CT molecular complexity index is 650. The molecule has 0 aliphatic carbocycles. The van der Waals surface area contributed by atoms with Crippen LogP contribution in [0.25, 0.3) is 0 Å². The molecule has 0 spiro atoms. The summed E-state index contributed by atoms with van der Waals surface area (Å²) >= 11 is 0. The van der Waals surface area contributed by atoms with Gasteiger partial charge in [0.2, 0.25) is 5.76 Å². The van der Waals surface area contributed by atoms with E-state index >= 15 is 0 Å². The van der Waals surface area contributed by atoms with Gasteiger partial charge in [-0.3, -0.25) is 0 Å². The topological polar surface area (TPSA) is 51.5 Å². The van der Waals surface area contributed by atoms with Gasteiger partial charge < -0.3 is 14.5 Å². The molecular formula is C19H25NO3. The molecule has 0 saturated carbocycles. The van der Waals surface area contributed by atoms with Crippen LogP contribution in [0.5, 0.6) is 0 Å². The molecule has 4 heteroatoms. The lowest BCUT2D eigenvalue weighted by Gasteiger charge is -2.20. The third-order valence-electron chi connectivity index (χ3n) is 3.91. The SMILES string of the molecule is COC(=O)c1ccc(CNC(C)c2ccc(C(C)(C)C)cc2)o1. The number of carbonyl (C=O) groups is 1. The van der Waals surface area contributed by atoms with E-state index in [4.69, 9.17) is 4.42 Å². The standard InChI is InChI=1S/C19H25NO3/c1-13(14-6-8-15(9-7-14)19(2,3)4)20-12-16-10-11-17(23-16)18(21)22-5/h6-11,13,20H,12H2,1-5H3. The Morgan fingerprint density at radius 1 is 1.17 bits per heavy atom. The number of ether oxygens (including phenoxy) is 1. The molecule has 1 aromatic carbocycles. The highest BCUT2D eigenvalue weighted by Gasteiger charge is 2.15. The van der Waals surface area contributed by atoms with Crippen molar-refractivity contribution in [3.8, 4) is 0 Å². The minimum Gasteiger partial charge on any atom is -0.463 e. The second kappa shape index (κ2) is 7.01. The Kier molecular flexibility index (Phi) is 5.26. The summed E-state index contributed by atoms with van der Waals surface area (Å²) in [6.45, 7) is 9.29. The zero-order valence-corrected chi connectivity index (χ0v) is 14.5. The average Bonchev–Trinajstić information content (AvgIpc) is 3.00. The average molecular weight is 315 g/mol. The van der Waals surface area contributed by atoms with Crippen LogP contribution < -0.4 is 5.32 Å². The first-order valence-corrected chi connectivity index (χ1v) is 7.82. The van der Waals surface area contributed by atoms with Gasteiger partial charge in [-0.2, -0.15) is 0 Å². The van der Waals surface area contributed by atoms with Crippen molar-refractivity contribution in [2.24, 2.45) is 0 Å². The Balaban J connectivity index is 1.95. The molecule has 1 atom stereocenters. The van der Waals surface area contributed by atoms with Crippen LogP contribution in [0.3, 0.4) is 0 Å². The first kappa shape index (κ1) is 17.3. The van der Waals surface area contributed by atoms with Crippen molar-refractivity contribution in [2.45, 2.75) is 45.7 Å². The summed E-state index contributed by atoms with van der Waals surface area (Å²) in [5, 5.41) is 3.40. The first-order chi connectivity index (χ1) is 10.8. The molecule has 23 heavy (non-hydrogen) atoms. The van der Waals surface area contributed by atoms with E-state index in [1.807, 2.05) is 0 Å². The molecule has 0 aliphatic rings. The lowest BCUT2D eigenvalue weighted by molar-refractivity contribution is 0.0563. The van der Waals surface area contributed by atoms with E-state index in [-0.39, 0.29) is 17.2 Å². The van der Waals surface area contributed by atoms with Crippen LogP contribution in [0.4, 0.5) is 0 Å². The molecule has 0 saturated heterocycles. The van der Waals surface area contributed by atoms with E-state index in [1.54, 1.807) is 12.1 Å². The van der Waals surface area contributed by atoms with E-state index in [0.29, 0.717) is 12.3 Å². The van der Waals surface area contributed by atoms with Gasteiger partial charge in [0, 0.05) is 6.04 Å². The number of rotatable bonds is 5. The molecule has 124 valence electrons. The van der Waals surface area contributed by atoms with Crippen molar-refractivity contribution in [3.63, 3.8) is 0 Å². The summed E-state index contributed by atoms with van der Waals surface area (Å²) in [6.07, 6.45) is 0. The zero-order chi connectivity index (χ0) is 17.0. The summed E-state index contributed by atoms with van der Waals surface area (Å²) in [4.78, 5) is 11.4. The lowest BCUT2D eigenvalue weighted by Crippen LogP contribution is -2.18. The Morgan fingerprint density at radius 3 is 2.39 bits per heavy atom. The summed E-state index contributed by atoms with van der Waals surface area (Å²) in [6, 6.07) is 12.3. The number of esters is 1. The van der Waals surface area contributed by atoms with E-state index < -0.39 is 5.97 Å². The van der Waals surface area contributed by atoms with Crippen LogP contribution in [-0.4, -0.2) is 13.1 Å². The second-order valence-corrected chi connectivity index (χ2v) is 6.73. The summed E-state index contributed by atoms with van der Waals surface area (Å²) in [7, 11) is 1.34. The molecule has 2 rings (SSSR count). The number of hydrogen-bond acceptors (Lipinski definition) is 4. The second-order valence-electron chi connectivity index (χ2n) is 6.73. The van der Waals surface area contributed by atoms with Crippen LogP contribution >= 0.6 is 0 Å². The van der Waals surface area contributed by atoms with Gasteiger partial charge in [0.15, 0.2) is 0 Å². The van der Waals surface area contributed by atoms with E-state index in [0.717, 1.165) is 0 Å². The van der Waals surface area contributed by atoms with Gasteiger partial charge in [0.05, 0.1) is 13.7 Å². The van der Waals surface area contributed by atoms with Crippen LogP contribution in [0.2, 0.25) is 0 Å². The van der Waals surface area contributed by atoms with Gasteiger partial charge in [0.1, 0.15) is 5.76 Å². The van der Waals surface area contributed by atoms with Gasteiger partial charge in [-0.25, -0.2) is 4.79 Å². The van der Waals surface area contributed by atoms with Crippen molar-refractivity contribution in [2.75, 3.05) is 7.11 Å². The molecule has 0 aliphatic heterocycles. The fourth-order valence-corrected chi connectivity index (χ4v) is 2.33. The van der Waals surface area contributed by atoms with E-state index in [9.17, 15) is 4.79 Å². The van der Waals surface area contributed by atoms with Crippen molar-refractivity contribution >= 4 is 5.97 Å². The summed E-state index contributed by atoms with van der Waals surface area (Å²) in [5.41, 5.74) is 2.70. The van der Waals surface area contributed by atoms with Gasteiger partial charge in [-0.1, -0.05) is 45.0 Å². The van der Waals surface area contributed by atoms with Gasteiger partial charge >= 0.3 is 5.97 Å². The Hall–Kier alpha value is -2.07. The number of benzene rings is 1. The summed E-state index contributed by atoms with van der Waals surface area (Å²) < 4.78 is 10.1. The Morgan fingerprint density at radius 2 is 1.83 bits per heavy atom. The first-order valence-electron chi connectivity index (χ1n) is 7.82. The van der Waals surface area contributed by atoms with Crippen molar-refractivity contribution in [1.82, 2.24) is 5.32 Å². The molecule has 4 nitrogen and oxygen atoms in total. The number of nitrogens with one attached hydrogen (secondary N) is 1. The number of methoxy groups -OCH3 is 1. The van der Waals surface area contributed by atoms with Crippen LogP contribution in [0.1, 0.15) is 61.2 Å². The highest BCUT2D eigenvalue weighted by Crippen LogP contribution is 2.24. The third-order valence-corrected chi connectivity index (χ3v) is 3.91. The number of furan rings is 1. The third kappa shape index (κ3) is 4.45. The predicted molar refractivity (Wildman–Crippen MR) is 90.4 cm³/mol. The fourth-order valence-electron chi connectivity index (χ4n) is 2.33. The highest BCUT2D eigenvalue weighted by molar-refractivity contribution is 5.86. The van der Waals surface area contributed by atoms with Crippen molar-refractivity contribution < 1.29 is 13.9 Å². The van der Waals surface area contributed by atoms with Gasteiger partial charge in [-0.15, -0.1) is 0 Å². The molecule has 0 radical (unpaired) electrons. The maximum Gasteiger partial charge on any atom is 0.373 e. The van der Waals surface area contributed by atoms with Gasteiger partial charge in [0.25, 0.3) is 0 Å². The molecule has 1 heterocycles. The van der Waals surface area contributed by atoms with Gasteiger partial charge in [-0.05, 0) is 35.6 Å². The van der Waals surface area contributed by atoms with Crippen LogP contribution in [-0.2, 0) is 16.7 Å². The van der Waals surface area contributed by atoms with Crippen LogP contribution in [0.15, 0.2) is 40.8 Å². The largest absolute Gasteiger partial charge is 0.463 e. The fraction of sp³-hybridized carbons (Fsp3) is 0.421. The summed E-state index contributed by atoms with van der Waals surface area (Å²) in [5.74, 6) is 0.483. The molecule has 1 aromatic heterocycles. The smallest absolute Gasteiger partial charge is 0.373 e. The molecule has 1 unspecified atom stereocenters. The van der Waals surface area contributed by atoms with Crippen molar-refractivity contribution in [3.05, 3.63) is 59.0 Å². The highest BCUT2D eigenvalue weighted by atomic mass is 16.5.